The number of aromatic carboxylic acids is 1. The quantitative estimate of drug-likeness (QED) is 0.900. The number of furan rings is 1. The highest BCUT2D eigenvalue weighted by molar-refractivity contribution is 5.93. The second-order valence-electron chi connectivity index (χ2n) is 4.22. The fourth-order valence-corrected chi connectivity index (χ4v) is 1.68. The Kier molecular flexibility index (Phi) is 3.84. The normalized spacial score (nSPS) is 11.9. The number of carboxylic acids is 1. The van der Waals surface area contributed by atoms with Gasteiger partial charge in [-0.15, -0.1) is 0 Å². The summed E-state index contributed by atoms with van der Waals surface area (Å²) in [6.07, 6.45) is 0. The molecule has 1 aromatic carbocycles. The van der Waals surface area contributed by atoms with Crippen LogP contribution in [0.2, 0.25) is 0 Å². The lowest BCUT2D eigenvalue weighted by molar-refractivity contribution is 0.0659. The molecule has 6 heteroatoms. The fraction of sp³-hybridized carbons (Fsp3) is 0.143. The first-order valence-corrected chi connectivity index (χ1v) is 5.87. The van der Waals surface area contributed by atoms with E-state index in [0.29, 0.717) is 0 Å². The molecule has 20 heavy (non-hydrogen) atoms. The van der Waals surface area contributed by atoms with Gasteiger partial charge < -0.3 is 14.8 Å². The molecule has 1 amide bonds. The topological polar surface area (TPSA) is 79.5 Å². The SMILES string of the molecule is C[C@H](NC(=O)c1ccc(C(=O)O)o1)c1ccc(F)cc1. The van der Waals surface area contributed by atoms with Crippen molar-refractivity contribution in [2.24, 2.45) is 0 Å². The highest BCUT2D eigenvalue weighted by Crippen LogP contribution is 2.15. The van der Waals surface area contributed by atoms with Crippen LogP contribution < -0.4 is 5.32 Å². The van der Waals surface area contributed by atoms with E-state index in [1.54, 1.807) is 19.1 Å². The van der Waals surface area contributed by atoms with Crippen LogP contribution in [0.25, 0.3) is 0 Å². The summed E-state index contributed by atoms with van der Waals surface area (Å²) in [6, 6.07) is 7.86. The first kappa shape index (κ1) is 13.8. The number of hydrogen-bond acceptors (Lipinski definition) is 3. The van der Waals surface area contributed by atoms with Crippen molar-refractivity contribution >= 4 is 11.9 Å². The summed E-state index contributed by atoms with van der Waals surface area (Å²) in [4.78, 5) is 22.5. The van der Waals surface area contributed by atoms with E-state index >= 15 is 0 Å². The van der Waals surface area contributed by atoms with Crippen LogP contribution in [0.15, 0.2) is 40.8 Å². The van der Waals surface area contributed by atoms with Gasteiger partial charge in [0.15, 0.2) is 5.76 Å². The molecule has 5 nitrogen and oxygen atoms in total. The van der Waals surface area contributed by atoms with Gasteiger partial charge in [0.05, 0.1) is 6.04 Å². The van der Waals surface area contributed by atoms with Crippen molar-refractivity contribution in [1.29, 1.82) is 0 Å². The van der Waals surface area contributed by atoms with Crippen LogP contribution >= 0.6 is 0 Å². The predicted octanol–water partition coefficient (Wildman–Crippen LogP) is 2.61. The van der Waals surface area contributed by atoms with Crippen LogP contribution in [0.3, 0.4) is 0 Å². The lowest BCUT2D eigenvalue weighted by Gasteiger charge is -2.13. The molecule has 1 atom stereocenters. The van der Waals surface area contributed by atoms with Crippen LogP contribution in [0.5, 0.6) is 0 Å². The van der Waals surface area contributed by atoms with E-state index in [0.717, 1.165) is 5.56 Å². The lowest BCUT2D eigenvalue weighted by Crippen LogP contribution is -2.26. The van der Waals surface area contributed by atoms with Gasteiger partial charge in [-0.3, -0.25) is 4.79 Å². The average Bonchev–Trinajstić information content (AvgIpc) is 2.89. The Hall–Kier alpha value is -2.63. The number of carbonyl (C=O) groups excluding carboxylic acids is 1. The van der Waals surface area contributed by atoms with Gasteiger partial charge in [-0.1, -0.05) is 12.1 Å². The summed E-state index contributed by atoms with van der Waals surface area (Å²) < 4.78 is 17.7. The Morgan fingerprint density at radius 3 is 2.30 bits per heavy atom. The summed E-state index contributed by atoms with van der Waals surface area (Å²) in [5, 5.41) is 11.3. The maximum Gasteiger partial charge on any atom is 0.371 e. The molecular weight excluding hydrogens is 265 g/mol. The number of nitrogens with one attached hydrogen (secondary N) is 1. The Morgan fingerprint density at radius 2 is 1.75 bits per heavy atom. The molecule has 0 radical (unpaired) electrons. The molecule has 2 rings (SSSR count). The third-order valence-electron chi connectivity index (χ3n) is 2.76. The number of benzene rings is 1. The molecular formula is C14H12FNO4. The maximum atomic E-state index is 12.8. The molecule has 1 heterocycles. The minimum absolute atomic E-state index is 0.0867. The number of carboxylic acid groups (broad SMARTS) is 1. The maximum absolute atomic E-state index is 12.8. The van der Waals surface area contributed by atoms with Crippen LogP contribution in [0, 0.1) is 5.82 Å². The van der Waals surface area contributed by atoms with Crippen LogP contribution in [-0.4, -0.2) is 17.0 Å². The zero-order chi connectivity index (χ0) is 14.7. The van der Waals surface area contributed by atoms with Crippen molar-refractivity contribution in [3.8, 4) is 0 Å². The standard InChI is InChI=1S/C14H12FNO4/c1-8(9-2-4-10(15)5-3-9)16-13(17)11-6-7-12(20-11)14(18)19/h2-8H,1H3,(H,16,17)(H,18,19)/t8-/m0/s1. The molecule has 0 aliphatic rings. The molecule has 0 unspecified atom stereocenters. The first-order chi connectivity index (χ1) is 9.47. The average molecular weight is 277 g/mol. The van der Waals surface area contributed by atoms with Gasteiger partial charge in [-0.25, -0.2) is 9.18 Å². The molecule has 0 fully saturated rings. The zero-order valence-electron chi connectivity index (χ0n) is 10.6. The Labute approximate surface area is 114 Å². The van der Waals surface area contributed by atoms with Crippen molar-refractivity contribution < 1.29 is 23.5 Å². The number of carbonyl (C=O) groups is 2. The molecule has 0 saturated carbocycles. The number of halogens is 1. The second kappa shape index (κ2) is 5.56. The molecule has 2 aromatic rings. The van der Waals surface area contributed by atoms with Crippen LogP contribution in [-0.2, 0) is 0 Å². The minimum atomic E-state index is -1.24. The van der Waals surface area contributed by atoms with Gasteiger partial charge in [-0.2, -0.15) is 0 Å². The van der Waals surface area contributed by atoms with Gasteiger partial charge in [0, 0.05) is 0 Å². The summed E-state index contributed by atoms with van der Waals surface area (Å²) in [5.41, 5.74) is 0.727. The molecule has 104 valence electrons. The number of amides is 1. The zero-order valence-corrected chi connectivity index (χ0v) is 10.6. The van der Waals surface area contributed by atoms with E-state index in [1.165, 1.54) is 24.3 Å². The van der Waals surface area contributed by atoms with Crippen molar-refractivity contribution in [3.05, 3.63) is 59.3 Å². The van der Waals surface area contributed by atoms with Crippen LogP contribution in [0.4, 0.5) is 4.39 Å². The van der Waals surface area contributed by atoms with E-state index in [9.17, 15) is 14.0 Å². The molecule has 0 aliphatic heterocycles. The number of hydrogen-bond donors (Lipinski definition) is 2. The summed E-state index contributed by atoms with van der Waals surface area (Å²) in [7, 11) is 0. The molecule has 0 aliphatic carbocycles. The summed E-state index contributed by atoms with van der Waals surface area (Å²) >= 11 is 0. The van der Waals surface area contributed by atoms with Gasteiger partial charge in [0.1, 0.15) is 5.82 Å². The third-order valence-corrected chi connectivity index (χ3v) is 2.76. The van der Waals surface area contributed by atoms with E-state index < -0.39 is 11.9 Å². The minimum Gasteiger partial charge on any atom is -0.475 e. The van der Waals surface area contributed by atoms with Gasteiger partial charge in [0.25, 0.3) is 5.91 Å². The van der Waals surface area contributed by atoms with E-state index in [-0.39, 0.29) is 23.4 Å². The van der Waals surface area contributed by atoms with Gasteiger partial charge >= 0.3 is 5.97 Å². The van der Waals surface area contributed by atoms with E-state index in [1.807, 2.05) is 0 Å². The highest BCUT2D eigenvalue weighted by atomic mass is 19.1. The molecule has 1 aromatic heterocycles. The van der Waals surface area contributed by atoms with Crippen molar-refractivity contribution in [1.82, 2.24) is 5.32 Å². The van der Waals surface area contributed by atoms with Crippen molar-refractivity contribution in [2.45, 2.75) is 13.0 Å². The van der Waals surface area contributed by atoms with Crippen LogP contribution in [0.1, 0.15) is 39.6 Å². The molecule has 2 N–H and O–H groups in total. The Balaban J connectivity index is 2.06. The highest BCUT2D eigenvalue weighted by Gasteiger charge is 2.17. The second-order valence-corrected chi connectivity index (χ2v) is 4.22. The van der Waals surface area contributed by atoms with E-state index in [2.05, 4.69) is 5.32 Å². The van der Waals surface area contributed by atoms with Gasteiger partial charge in [0.2, 0.25) is 5.76 Å². The summed E-state index contributed by atoms with van der Waals surface area (Å²) in [6.45, 7) is 1.73. The lowest BCUT2D eigenvalue weighted by atomic mass is 10.1. The Bertz CT molecular complexity index is 633. The fourth-order valence-electron chi connectivity index (χ4n) is 1.68. The monoisotopic (exact) mass is 277 g/mol. The van der Waals surface area contributed by atoms with Crippen molar-refractivity contribution in [3.63, 3.8) is 0 Å². The third kappa shape index (κ3) is 3.03. The van der Waals surface area contributed by atoms with Gasteiger partial charge in [-0.05, 0) is 36.8 Å². The molecule has 0 bridgehead atoms. The van der Waals surface area contributed by atoms with E-state index in [4.69, 9.17) is 9.52 Å². The Morgan fingerprint density at radius 1 is 1.15 bits per heavy atom. The molecule has 0 spiro atoms. The van der Waals surface area contributed by atoms with Crippen molar-refractivity contribution in [2.75, 3.05) is 0 Å². The molecule has 0 saturated heterocycles. The summed E-state index contributed by atoms with van der Waals surface area (Å²) in [5.74, 6) is -2.52. The predicted molar refractivity (Wildman–Crippen MR) is 67.9 cm³/mol. The largest absolute Gasteiger partial charge is 0.475 e. The number of rotatable bonds is 4. The first-order valence-electron chi connectivity index (χ1n) is 5.87. The smallest absolute Gasteiger partial charge is 0.371 e.